The predicted octanol–water partition coefficient (Wildman–Crippen LogP) is 0.182. The van der Waals surface area contributed by atoms with Crippen molar-refractivity contribution >= 4 is 5.91 Å². The maximum Gasteiger partial charge on any atom is 0.219 e. The molecule has 6 heteroatoms. The third-order valence-corrected chi connectivity index (χ3v) is 3.67. The highest BCUT2D eigenvalue weighted by molar-refractivity contribution is 5.73. The number of hydrogen-bond acceptors (Lipinski definition) is 4. The van der Waals surface area contributed by atoms with E-state index < -0.39 is 0 Å². The molecule has 0 bridgehead atoms. The van der Waals surface area contributed by atoms with E-state index in [0.717, 1.165) is 38.4 Å². The first-order chi connectivity index (χ1) is 9.72. The van der Waals surface area contributed by atoms with Gasteiger partial charge in [0.1, 0.15) is 12.2 Å². The van der Waals surface area contributed by atoms with Crippen LogP contribution in [-0.2, 0) is 11.3 Å². The number of carbonyl (C=O) groups is 1. The lowest BCUT2D eigenvalue weighted by Crippen LogP contribution is -3.13. The Balaban J connectivity index is 1.58. The van der Waals surface area contributed by atoms with E-state index in [1.807, 2.05) is 23.1 Å². The number of furan rings is 1. The van der Waals surface area contributed by atoms with E-state index in [2.05, 4.69) is 5.16 Å². The second-order valence-corrected chi connectivity index (χ2v) is 5.09. The van der Waals surface area contributed by atoms with Crippen LogP contribution in [0.5, 0.6) is 0 Å². The Labute approximate surface area is 116 Å². The summed E-state index contributed by atoms with van der Waals surface area (Å²) >= 11 is 0. The Bertz CT molecular complexity index is 568. The summed E-state index contributed by atoms with van der Waals surface area (Å²) in [6, 6.07) is 5.59. The van der Waals surface area contributed by atoms with E-state index in [9.17, 15) is 4.79 Å². The SMILES string of the molecule is CC(=O)N1CC[NH+](Cc2cc(-c3ccco3)on2)CC1. The molecule has 0 saturated carbocycles. The number of quaternary nitrogens is 1. The van der Waals surface area contributed by atoms with Gasteiger partial charge in [0.25, 0.3) is 0 Å². The number of rotatable bonds is 3. The quantitative estimate of drug-likeness (QED) is 0.868. The van der Waals surface area contributed by atoms with Gasteiger partial charge in [0.15, 0.2) is 5.76 Å². The minimum Gasteiger partial charge on any atom is -0.461 e. The van der Waals surface area contributed by atoms with Crippen LogP contribution in [0.25, 0.3) is 11.5 Å². The van der Waals surface area contributed by atoms with Crippen molar-refractivity contribution in [2.75, 3.05) is 26.2 Å². The number of carbonyl (C=O) groups excluding carboxylic acids is 1. The van der Waals surface area contributed by atoms with E-state index >= 15 is 0 Å². The van der Waals surface area contributed by atoms with Gasteiger partial charge in [-0.1, -0.05) is 5.16 Å². The number of piperazine rings is 1. The minimum absolute atomic E-state index is 0.158. The molecule has 106 valence electrons. The summed E-state index contributed by atoms with van der Waals surface area (Å²) in [5.41, 5.74) is 0.919. The van der Waals surface area contributed by atoms with Crippen molar-refractivity contribution < 1.29 is 18.6 Å². The van der Waals surface area contributed by atoms with Gasteiger partial charge in [0.05, 0.1) is 32.4 Å². The summed E-state index contributed by atoms with van der Waals surface area (Å²) in [4.78, 5) is 14.6. The third-order valence-electron chi connectivity index (χ3n) is 3.67. The fourth-order valence-electron chi connectivity index (χ4n) is 2.50. The summed E-state index contributed by atoms with van der Waals surface area (Å²) in [5.74, 6) is 1.51. The van der Waals surface area contributed by atoms with Crippen molar-refractivity contribution in [3.05, 3.63) is 30.2 Å². The first-order valence-electron chi connectivity index (χ1n) is 6.81. The molecule has 1 saturated heterocycles. The van der Waals surface area contributed by atoms with Crippen LogP contribution >= 0.6 is 0 Å². The summed E-state index contributed by atoms with van der Waals surface area (Å²) in [7, 11) is 0. The largest absolute Gasteiger partial charge is 0.461 e. The average molecular weight is 276 g/mol. The van der Waals surface area contributed by atoms with Crippen molar-refractivity contribution in [2.45, 2.75) is 13.5 Å². The number of amides is 1. The Kier molecular flexibility index (Phi) is 3.56. The fourth-order valence-corrected chi connectivity index (χ4v) is 2.50. The lowest BCUT2D eigenvalue weighted by atomic mass is 10.2. The molecule has 0 unspecified atom stereocenters. The van der Waals surface area contributed by atoms with Gasteiger partial charge in [-0.3, -0.25) is 4.79 Å². The molecule has 1 fully saturated rings. The molecular formula is C14H18N3O3+. The Morgan fingerprint density at radius 2 is 2.20 bits per heavy atom. The Hall–Kier alpha value is -2.08. The molecule has 0 spiro atoms. The molecule has 3 rings (SSSR count). The molecule has 0 atom stereocenters. The van der Waals surface area contributed by atoms with E-state index in [1.165, 1.54) is 4.90 Å². The first kappa shape index (κ1) is 12.9. The minimum atomic E-state index is 0.158. The molecule has 3 heterocycles. The number of hydrogen-bond donors (Lipinski definition) is 1. The van der Waals surface area contributed by atoms with Crippen molar-refractivity contribution in [1.29, 1.82) is 0 Å². The lowest BCUT2D eigenvalue weighted by Gasteiger charge is -2.31. The molecular weight excluding hydrogens is 258 g/mol. The van der Waals surface area contributed by atoms with Crippen LogP contribution in [0.3, 0.4) is 0 Å². The standard InChI is InChI=1S/C14H17N3O3/c1-11(18)17-6-4-16(5-7-17)10-12-9-14(20-15-12)13-3-2-8-19-13/h2-3,8-9H,4-7,10H2,1H3/p+1. The van der Waals surface area contributed by atoms with Gasteiger partial charge in [-0.2, -0.15) is 0 Å². The van der Waals surface area contributed by atoms with Crippen LogP contribution in [0.2, 0.25) is 0 Å². The number of nitrogens with zero attached hydrogens (tertiary/aromatic N) is 2. The molecule has 0 radical (unpaired) electrons. The monoisotopic (exact) mass is 276 g/mol. The molecule has 2 aromatic heterocycles. The summed E-state index contributed by atoms with van der Waals surface area (Å²) in [6.07, 6.45) is 1.61. The highest BCUT2D eigenvalue weighted by atomic mass is 16.5. The molecule has 6 nitrogen and oxygen atoms in total. The lowest BCUT2D eigenvalue weighted by molar-refractivity contribution is -0.918. The second kappa shape index (κ2) is 5.50. The smallest absolute Gasteiger partial charge is 0.219 e. The van der Waals surface area contributed by atoms with Gasteiger partial charge in [0, 0.05) is 13.0 Å². The van der Waals surface area contributed by atoms with Crippen LogP contribution in [0, 0.1) is 0 Å². The van der Waals surface area contributed by atoms with Gasteiger partial charge in [0.2, 0.25) is 11.7 Å². The van der Waals surface area contributed by atoms with Crippen molar-refractivity contribution in [1.82, 2.24) is 10.1 Å². The molecule has 1 aliphatic rings. The normalized spacial score (nSPS) is 16.6. The number of aromatic nitrogens is 1. The molecule has 1 aliphatic heterocycles. The van der Waals surface area contributed by atoms with Crippen LogP contribution in [0.15, 0.2) is 33.4 Å². The summed E-state index contributed by atoms with van der Waals surface area (Å²) in [6.45, 7) is 5.96. The zero-order chi connectivity index (χ0) is 13.9. The Morgan fingerprint density at radius 1 is 1.40 bits per heavy atom. The maximum atomic E-state index is 11.3. The van der Waals surface area contributed by atoms with Crippen LogP contribution in [0.4, 0.5) is 0 Å². The van der Waals surface area contributed by atoms with Gasteiger partial charge in [-0.25, -0.2) is 0 Å². The van der Waals surface area contributed by atoms with E-state index in [1.54, 1.807) is 13.2 Å². The van der Waals surface area contributed by atoms with Crippen molar-refractivity contribution in [3.63, 3.8) is 0 Å². The van der Waals surface area contributed by atoms with Crippen LogP contribution < -0.4 is 4.90 Å². The van der Waals surface area contributed by atoms with Gasteiger partial charge >= 0.3 is 0 Å². The Morgan fingerprint density at radius 3 is 2.85 bits per heavy atom. The van der Waals surface area contributed by atoms with Gasteiger partial charge in [-0.15, -0.1) is 0 Å². The van der Waals surface area contributed by atoms with E-state index in [-0.39, 0.29) is 5.91 Å². The van der Waals surface area contributed by atoms with Crippen LogP contribution in [0.1, 0.15) is 12.6 Å². The predicted molar refractivity (Wildman–Crippen MR) is 70.9 cm³/mol. The molecule has 0 aliphatic carbocycles. The molecule has 2 aromatic rings. The first-order valence-corrected chi connectivity index (χ1v) is 6.81. The van der Waals surface area contributed by atoms with Crippen LogP contribution in [-0.4, -0.2) is 42.1 Å². The topological polar surface area (TPSA) is 63.9 Å². The maximum absolute atomic E-state index is 11.3. The fraction of sp³-hybridized carbons (Fsp3) is 0.429. The molecule has 20 heavy (non-hydrogen) atoms. The zero-order valence-electron chi connectivity index (χ0n) is 11.5. The highest BCUT2D eigenvalue weighted by Crippen LogP contribution is 2.20. The number of nitrogens with one attached hydrogen (secondary N) is 1. The highest BCUT2D eigenvalue weighted by Gasteiger charge is 2.22. The third kappa shape index (κ3) is 2.75. The molecule has 0 aromatic carbocycles. The summed E-state index contributed by atoms with van der Waals surface area (Å²) in [5, 5.41) is 4.08. The van der Waals surface area contributed by atoms with Gasteiger partial charge in [-0.05, 0) is 12.1 Å². The second-order valence-electron chi connectivity index (χ2n) is 5.09. The zero-order valence-corrected chi connectivity index (χ0v) is 11.5. The van der Waals surface area contributed by atoms with E-state index in [0.29, 0.717) is 11.5 Å². The van der Waals surface area contributed by atoms with Crippen molar-refractivity contribution in [3.8, 4) is 11.5 Å². The van der Waals surface area contributed by atoms with Crippen molar-refractivity contribution in [2.24, 2.45) is 0 Å². The van der Waals surface area contributed by atoms with Gasteiger partial charge < -0.3 is 18.7 Å². The summed E-state index contributed by atoms with van der Waals surface area (Å²) < 4.78 is 10.6. The van der Waals surface area contributed by atoms with E-state index in [4.69, 9.17) is 8.94 Å². The molecule has 1 N–H and O–H groups in total. The average Bonchev–Trinajstić information content (AvgIpc) is 3.09. The molecule has 1 amide bonds.